The van der Waals surface area contributed by atoms with Crippen LogP contribution in [0.15, 0.2) is 46.6 Å². The highest BCUT2D eigenvalue weighted by molar-refractivity contribution is 9.10. The molecule has 2 rings (SSSR count). The minimum atomic E-state index is -1.49. The first-order valence-electron chi connectivity index (χ1n) is 10.4. The van der Waals surface area contributed by atoms with E-state index in [0.717, 1.165) is 4.47 Å². The van der Waals surface area contributed by atoms with Crippen LogP contribution in [0.4, 0.5) is 0 Å². The molecule has 0 spiro atoms. The van der Waals surface area contributed by atoms with Crippen molar-refractivity contribution in [2.45, 2.75) is 18.9 Å². The average Bonchev–Trinajstić information content (AvgIpc) is 2.85. The summed E-state index contributed by atoms with van der Waals surface area (Å²) in [6.07, 6.45) is 0.539. The van der Waals surface area contributed by atoms with Crippen LogP contribution < -0.4 is 24.8 Å². The maximum Gasteiger partial charge on any atom is 0.326 e. The fraction of sp³-hybridized carbons (Fsp3) is 0.250. The summed E-state index contributed by atoms with van der Waals surface area (Å²) in [5, 5.41) is 23.0. The number of amides is 2. The Kier molecular flexibility index (Phi) is 10.3. The van der Waals surface area contributed by atoms with Crippen LogP contribution in [-0.4, -0.2) is 61.3 Å². The summed E-state index contributed by atoms with van der Waals surface area (Å²) in [5.41, 5.74) is 0.336. The predicted octanol–water partition coefficient (Wildman–Crippen LogP) is 2.68. The van der Waals surface area contributed by atoms with Gasteiger partial charge in [0, 0.05) is 16.5 Å². The summed E-state index contributed by atoms with van der Waals surface area (Å²) in [6.45, 7) is 0. The average molecular weight is 565 g/mol. The van der Waals surface area contributed by atoms with E-state index in [9.17, 15) is 24.3 Å². The molecule has 0 unspecified atom stereocenters. The van der Waals surface area contributed by atoms with Gasteiger partial charge in [-0.2, -0.15) is 0 Å². The molecule has 2 aromatic carbocycles. The summed E-state index contributed by atoms with van der Waals surface area (Å²) in [5.74, 6) is -3.57. The first kappa shape index (κ1) is 28.2. The molecule has 192 valence electrons. The number of nitrogens with one attached hydrogen (secondary N) is 2. The van der Waals surface area contributed by atoms with E-state index in [4.69, 9.17) is 19.3 Å². The first-order chi connectivity index (χ1) is 17.1. The number of hydrogen-bond donors (Lipinski definition) is 4. The van der Waals surface area contributed by atoms with Crippen LogP contribution in [0, 0.1) is 0 Å². The van der Waals surface area contributed by atoms with Crippen LogP contribution in [-0.2, 0) is 14.4 Å². The van der Waals surface area contributed by atoms with Crippen LogP contribution in [0.5, 0.6) is 17.2 Å². The van der Waals surface area contributed by atoms with Crippen molar-refractivity contribution in [3.63, 3.8) is 0 Å². The van der Waals surface area contributed by atoms with Gasteiger partial charge in [0.25, 0.3) is 11.8 Å². The Morgan fingerprint density at radius 2 is 1.56 bits per heavy atom. The van der Waals surface area contributed by atoms with Crippen LogP contribution in [0.25, 0.3) is 6.08 Å². The number of benzene rings is 2. The Balaban J connectivity index is 2.42. The third-order valence-electron chi connectivity index (χ3n) is 4.85. The molecule has 4 N–H and O–H groups in total. The van der Waals surface area contributed by atoms with E-state index in [1.54, 1.807) is 24.3 Å². The van der Waals surface area contributed by atoms with Gasteiger partial charge in [-0.3, -0.25) is 14.4 Å². The molecule has 12 heteroatoms. The van der Waals surface area contributed by atoms with Crippen molar-refractivity contribution in [2.75, 3.05) is 21.3 Å². The van der Waals surface area contributed by atoms with Gasteiger partial charge in [-0.1, -0.05) is 28.1 Å². The van der Waals surface area contributed by atoms with Crippen molar-refractivity contribution in [3.8, 4) is 17.2 Å². The van der Waals surface area contributed by atoms with Crippen molar-refractivity contribution in [3.05, 3.63) is 57.7 Å². The van der Waals surface area contributed by atoms with Crippen molar-refractivity contribution in [1.82, 2.24) is 10.6 Å². The van der Waals surface area contributed by atoms with Crippen LogP contribution in [0.2, 0.25) is 0 Å². The van der Waals surface area contributed by atoms with Gasteiger partial charge in [0.05, 0.1) is 21.3 Å². The number of carboxylic acids is 2. The van der Waals surface area contributed by atoms with Crippen LogP contribution >= 0.6 is 15.9 Å². The lowest BCUT2D eigenvalue weighted by atomic mass is 10.1. The second-order valence-corrected chi connectivity index (χ2v) is 8.19. The molecule has 0 radical (unpaired) electrons. The summed E-state index contributed by atoms with van der Waals surface area (Å²) >= 11 is 3.31. The van der Waals surface area contributed by atoms with Gasteiger partial charge in [0.1, 0.15) is 11.7 Å². The molecule has 0 saturated heterocycles. The number of hydrogen-bond acceptors (Lipinski definition) is 7. The Bertz CT molecular complexity index is 1140. The zero-order valence-electron chi connectivity index (χ0n) is 19.7. The number of carbonyl (C=O) groups is 4. The standard InChI is InChI=1S/C24H25BrN2O9/c1-34-18-11-14(12-19(35-2)21(18)36-3)22(30)27-17(10-13-4-6-15(25)7-5-13)23(31)26-16(24(32)33)8-9-20(28)29/h4-7,10-12,16H,8-9H2,1-3H3,(H,26,31)(H,27,30)(H,28,29)(H,32,33)/b17-10+/t16-/m0/s1. The van der Waals surface area contributed by atoms with Gasteiger partial charge in [-0.15, -0.1) is 0 Å². The second-order valence-electron chi connectivity index (χ2n) is 7.27. The molecule has 2 amide bonds. The predicted molar refractivity (Wildman–Crippen MR) is 132 cm³/mol. The van der Waals surface area contributed by atoms with Gasteiger partial charge in [-0.05, 0) is 42.3 Å². The molecule has 1 atom stereocenters. The fourth-order valence-corrected chi connectivity index (χ4v) is 3.32. The van der Waals surface area contributed by atoms with E-state index >= 15 is 0 Å². The highest BCUT2D eigenvalue weighted by atomic mass is 79.9. The van der Waals surface area contributed by atoms with E-state index in [0.29, 0.717) is 5.56 Å². The smallest absolute Gasteiger partial charge is 0.326 e. The first-order valence-corrected chi connectivity index (χ1v) is 11.2. The van der Waals surface area contributed by atoms with E-state index in [1.165, 1.54) is 39.5 Å². The number of aliphatic carboxylic acids is 2. The number of carbonyl (C=O) groups excluding carboxylic acids is 2. The molecule has 2 aromatic rings. The van der Waals surface area contributed by atoms with Gasteiger partial charge in [0.15, 0.2) is 11.5 Å². The fourth-order valence-electron chi connectivity index (χ4n) is 3.05. The number of rotatable bonds is 12. The molecule has 0 aliphatic carbocycles. The van der Waals surface area contributed by atoms with Crippen LogP contribution in [0.1, 0.15) is 28.8 Å². The van der Waals surface area contributed by atoms with Crippen LogP contribution in [0.3, 0.4) is 0 Å². The summed E-state index contributed by atoms with van der Waals surface area (Å²) < 4.78 is 16.5. The number of methoxy groups -OCH3 is 3. The zero-order valence-corrected chi connectivity index (χ0v) is 21.2. The zero-order chi connectivity index (χ0) is 26.8. The maximum atomic E-state index is 13.1. The van der Waals surface area contributed by atoms with Gasteiger partial charge >= 0.3 is 11.9 Å². The maximum absolute atomic E-state index is 13.1. The lowest BCUT2D eigenvalue weighted by Crippen LogP contribution is -2.44. The second kappa shape index (κ2) is 13.1. The van der Waals surface area contributed by atoms with E-state index in [2.05, 4.69) is 26.6 Å². The summed E-state index contributed by atoms with van der Waals surface area (Å²) in [6, 6.07) is 8.06. The molecular formula is C24H25BrN2O9. The van der Waals surface area contributed by atoms with Gasteiger partial charge in [-0.25, -0.2) is 4.79 Å². The molecule has 0 aromatic heterocycles. The molecule has 36 heavy (non-hydrogen) atoms. The Morgan fingerprint density at radius 1 is 0.972 bits per heavy atom. The van der Waals surface area contributed by atoms with Crippen molar-refractivity contribution in [2.24, 2.45) is 0 Å². The Morgan fingerprint density at radius 3 is 2.03 bits per heavy atom. The summed E-state index contributed by atoms with van der Waals surface area (Å²) in [7, 11) is 4.18. The molecule has 0 fully saturated rings. The highest BCUT2D eigenvalue weighted by Crippen LogP contribution is 2.38. The molecule has 0 aliphatic heterocycles. The lowest BCUT2D eigenvalue weighted by molar-refractivity contribution is -0.142. The van der Waals surface area contributed by atoms with E-state index < -0.39 is 36.2 Å². The van der Waals surface area contributed by atoms with Crippen molar-refractivity contribution >= 4 is 45.8 Å². The summed E-state index contributed by atoms with van der Waals surface area (Å²) in [4.78, 5) is 48.5. The van der Waals surface area contributed by atoms with Gasteiger partial charge in [0.2, 0.25) is 5.75 Å². The lowest BCUT2D eigenvalue weighted by Gasteiger charge is -2.17. The van der Waals surface area contributed by atoms with Crippen molar-refractivity contribution in [1.29, 1.82) is 0 Å². The van der Waals surface area contributed by atoms with Gasteiger partial charge < -0.3 is 35.1 Å². The van der Waals surface area contributed by atoms with E-state index in [-0.39, 0.29) is 34.9 Å². The molecule has 0 saturated carbocycles. The molecule has 0 aliphatic rings. The Hall–Kier alpha value is -4.06. The SMILES string of the molecule is COc1cc(C(=O)N/C(=C/c2ccc(Br)cc2)C(=O)N[C@@H](CCC(=O)O)C(=O)O)cc(OC)c1OC. The highest BCUT2D eigenvalue weighted by Gasteiger charge is 2.25. The largest absolute Gasteiger partial charge is 0.493 e. The molecule has 0 heterocycles. The normalized spacial score (nSPS) is 11.7. The van der Waals surface area contributed by atoms with E-state index in [1.807, 2.05) is 0 Å². The minimum Gasteiger partial charge on any atom is -0.493 e. The topological polar surface area (TPSA) is 160 Å². The molecule has 0 bridgehead atoms. The monoisotopic (exact) mass is 564 g/mol. The third kappa shape index (κ3) is 7.73. The number of halogens is 1. The number of carboxylic acid groups (broad SMARTS) is 2. The molecule has 11 nitrogen and oxygen atoms in total. The quantitative estimate of drug-likeness (QED) is 0.284. The minimum absolute atomic E-state index is 0.0691. The third-order valence-corrected chi connectivity index (χ3v) is 5.38. The number of ether oxygens (including phenoxy) is 3. The van der Waals surface area contributed by atoms with Crippen molar-refractivity contribution < 1.29 is 43.6 Å². The molecular weight excluding hydrogens is 540 g/mol. The Labute approximate surface area is 215 Å².